The molecule has 0 spiro atoms. The van der Waals surface area contributed by atoms with E-state index in [4.69, 9.17) is 10.0 Å². The van der Waals surface area contributed by atoms with E-state index in [0.29, 0.717) is 0 Å². The number of hydrogen-bond donors (Lipinski definition) is 2. The van der Waals surface area contributed by atoms with Crippen molar-refractivity contribution in [2.75, 3.05) is 0 Å². The molecule has 1 aromatic rings. The van der Waals surface area contributed by atoms with Gasteiger partial charge in [0.05, 0.1) is 0 Å². The van der Waals surface area contributed by atoms with Crippen molar-refractivity contribution in [1.29, 1.82) is 0 Å². The van der Waals surface area contributed by atoms with Gasteiger partial charge in [0.15, 0.2) is 0 Å². The van der Waals surface area contributed by atoms with Gasteiger partial charge in [0.1, 0.15) is 5.82 Å². The van der Waals surface area contributed by atoms with Crippen LogP contribution >= 0.6 is 0 Å². The lowest BCUT2D eigenvalue weighted by atomic mass is 9.86. The smallest absolute Gasteiger partial charge is 0.427 e. The van der Waals surface area contributed by atoms with Crippen LogP contribution in [0.25, 0.3) is 0 Å². The Bertz CT molecular complexity index is 237. The summed E-state index contributed by atoms with van der Waals surface area (Å²) in [4.78, 5) is 4.02. The van der Waals surface area contributed by atoms with Gasteiger partial charge in [0.25, 0.3) is 0 Å². The topological polar surface area (TPSA) is 58.3 Å². The van der Waals surface area contributed by atoms with Crippen LogP contribution in [-0.2, 0) is 12.9 Å². The molecule has 1 rings (SSSR count). The van der Waals surface area contributed by atoms with Gasteiger partial charge in [-0.3, -0.25) is 0 Å². The summed E-state index contributed by atoms with van der Waals surface area (Å²) in [5, 5.41) is 17.4. The van der Waals surface area contributed by atoms with Crippen molar-refractivity contribution >= 4 is 7.12 Å². The second kappa shape index (κ2) is 4.28. The van der Waals surface area contributed by atoms with Crippen LogP contribution in [0.4, 0.5) is 0 Å². The fourth-order valence-corrected chi connectivity index (χ4v) is 1.14. The summed E-state index contributed by atoms with van der Waals surface area (Å²) >= 11 is 0. The van der Waals surface area contributed by atoms with E-state index < -0.39 is 7.12 Å². The quantitative estimate of drug-likeness (QED) is 0.614. The molecule has 0 fully saturated rings. The standard InChI is InChI=1S/C7H13BN2O2/c1-2-4-10-5-3-9-7(10)6-8(11)12/h3,5,11-12H,2,4,6H2,1H3. The van der Waals surface area contributed by atoms with Gasteiger partial charge < -0.3 is 14.6 Å². The summed E-state index contributed by atoms with van der Waals surface area (Å²) in [5.74, 6) is 0.729. The van der Waals surface area contributed by atoms with Crippen LogP contribution in [0, 0.1) is 0 Å². The highest BCUT2D eigenvalue weighted by Crippen LogP contribution is 2.00. The summed E-state index contributed by atoms with van der Waals surface area (Å²) in [7, 11) is -1.30. The molecular formula is C7H13BN2O2. The van der Waals surface area contributed by atoms with E-state index in [1.807, 2.05) is 10.8 Å². The molecule has 0 unspecified atom stereocenters. The summed E-state index contributed by atoms with van der Waals surface area (Å²) in [6, 6.07) is 0. The highest BCUT2D eigenvalue weighted by atomic mass is 16.4. The molecule has 0 radical (unpaired) electrons. The van der Waals surface area contributed by atoms with Crippen LogP contribution in [0.2, 0.25) is 0 Å². The maximum Gasteiger partial charge on any atom is 0.459 e. The first-order valence-electron chi connectivity index (χ1n) is 4.10. The van der Waals surface area contributed by atoms with E-state index in [2.05, 4.69) is 11.9 Å². The van der Waals surface area contributed by atoms with E-state index in [9.17, 15) is 0 Å². The van der Waals surface area contributed by atoms with Crippen LogP contribution in [0.3, 0.4) is 0 Å². The average molecular weight is 168 g/mol. The van der Waals surface area contributed by atoms with Crippen molar-refractivity contribution in [1.82, 2.24) is 9.55 Å². The number of rotatable bonds is 4. The molecule has 2 N–H and O–H groups in total. The molecule has 0 aliphatic rings. The van der Waals surface area contributed by atoms with Gasteiger partial charge in [-0.1, -0.05) is 6.92 Å². The third-order valence-corrected chi connectivity index (χ3v) is 1.63. The summed E-state index contributed by atoms with van der Waals surface area (Å²) in [6.45, 7) is 2.95. The Morgan fingerprint density at radius 1 is 1.58 bits per heavy atom. The Balaban J connectivity index is 2.63. The molecule has 1 aromatic heterocycles. The Morgan fingerprint density at radius 2 is 2.33 bits per heavy atom. The molecule has 0 aliphatic heterocycles. The Kier molecular flexibility index (Phi) is 3.31. The minimum Gasteiger partial charge on any atom is -0.427 e. The minimum absolute atomic E-state index is 0.201. The van der Waals surface area contributed by atoms with E-state index in [-0.39, 0.29) is 6.32 Å². The Hall–Kier alpha value is -0.805. The van der Waals surface area contributed by atoms with E-state index >= 15 is 0 Å². The van der Waals surface area contributed by atoms with Crippen molar-refractivity contribution in [3.05, 3.63) is 18.2 Å². The number of hydrogen-bond acceptors (Lipinski definition) is 3. The predicted molar refractivity (Wildman–Crippen MR) is 46.4 cm³/mol. The van der Waals surface area contributed by atoms with Gasteiger partial charge >= 0.3 is 7.12 Å². The van der Waals surface area contributed by atoms with Crippen molar-refractivity contribution < 1.29 is 10.0 Å². The predicted octanol–water partition coefficient (Wildman–Crippen LogP) is -0.152. The molecular weight excluding hydrogens is 155 g/mol. The molecule has 66 valence electrons. The van der Waals surface area contributed by atoms with Gasteiger partial charge in [-0.2, -0.15) is 0 Å². The van der Waals surface area contributed by atoms with Crippen molar-refractivity contribution in [3.63, 3.8) is 0 Å². The highest BCUT2D eigenvalue weighted by molar-refractivity contribution is 6.40. The third kappa shape index (κ3) is 2.35. The van der Waals surface area contributed by atoms with Crippen LogP contribution in [-0.4, -0.2) is 26.7 Å². The number of aromatic nitrogens is 2. The van der Waals surface area contributed by atoms with Gasteiger partial charge in [0, 0.05) is 25.3 Å². The van der Waals surface area contributed by atoms with Crippen LogP contribution < -0.4 is 0 Å². The molecule has 0 saturated carbocycles. The zero-order chi connectivity index (χ0) is 8.97. The number of imidazole rings is 1. The molecule has 12 heavy (non-hydrogen) atoms. The zero-order valence-corrected chi connectivity index (χ0v) is 7.14. The monoisotopic (exact) mass is 168 g/mol. The van der Waals surface area contributed by atoms with Gasteiger partial charge in [-0.15, -0.1) is 0 Å². The molecule has 0 amide bonds. The number of nitrogens with zero attached hydrogens (tertiary/aromatic N) is 2. The van der Waals surface area contributed by atoms with E-state index in [0.717, 1.165) is 18.8 Å². The fourth-order valence-electron chi connectivity index (χ4n) is 1.14. The zero-order valence-electron chi connectivity index (χ0n) is 7.14. The summed E-state index contributed by atoms with van der Waals surface area (Å²) in [6.07, 6.45) is 4.74. The summed E-state index contributed by atoms with van der Waals surface area (Å²) in [5.41, 5.74) is 0. The molecule has 0 aromatic carbocycles. The van der Waals surface area contributed by atoms with E-state index in [1.54, 1.807) is 6.20 Å². The Labute approximate surface area is 72.0 Å². The SMILES string of the molecule is CCCn1ccnc1CB(O)O. The van der Waals surface area contributed by atoms with E-state index in [1.165, 1.54) is 0 Å². The van der Waals surface area contributed by atoms with Gasteiger partial charge in [-0.25, -0.2) is 4.98 Å². The first kappa shape index (κ1) is 9.28. The lowest BCUT2D eigenvalue weighted by Crippen LogP contribution is -2.18. The number of aryl methyl sites for hydroxylation is 1. The van der Waals surface area contributed by atoms with Crippen molar-refractivity contribution in [2.45, 2.75) is 26.2 Å². The molecule has 0 bridgehead atoms. The first-order chi connectivity index (χ1) is 5.74. The molecule has 1 heterocycles. The van der Waals surface area contributed by atoms with Crippen LogP contribution in [0.5, 0.6) is 0 Å². The lowest BCUT2D eigenvalue weighted by Gasteiger charge is -2.04. The van der Waals surface area contributed by atoms with Crippen molar-refractivity contribution in [3.8, 4) is 0 Å². The van der Waals surface area contributed by atoms with Gasteiger partial charge in [0.2, 0.25) is 0 Å². The molecule has 5 heteroatoms. The lowest BCUT2D eigenvalue weighted by molar-refractivity contribution is 0.402. The maximum absolute atomic E-state index is 8.72. The molecule has 4 nitrogen and oxygen atoms in total. The highest BCUT2D eigenvalue weighted by Gasteiger charge is 2.11. The second-order valence-electron chi connectivity index (χ2n) is 2.72. The van der Waals surface area contributed by atoms with Gasteiger partial charge in [-0.05, 0) is 6.42 Å². The first-order valence-corrected chi connectivity index (χ1v) is 4.10. The molecule has 0 aliphatic carbocycles. The second-order valence-corrected chi connectivity index (χ2v) is 2.72. The minimum atomic E-state index is -1.30. The average Bonchev–Trinajstić information content (AvgIpc) is 2.37. The molecule has 0 saturated heterocycles. The van der Waals surface area contributed by atoms with Crippen LogP contribution in [0.1, 0.15) is 19.2 Å². The van der Waals surface area contributed by atoms with Crippen molar-refractivity contribution in [2.24, 2.45) is 0 Å². The normalized spacial score (nSPS) is 10.2. The summed E-state index contributed by atoms with van der Waals surface area (Å²) < 4.78 is 1.93. The Morgan fingerprint density at radius 3 is 2.92 bits per heavy atom. The third-order valence-electron chi connectivity index (χ3n) is 1.63. The van der Waals surface area contributed by atoms with Crippen LogP contribution in [0.15, 0.2) is 12.4 Å². The molecule has 0 atom stereocenters. The fraction of sp³-hybridized carbons (Fsp3) is 0.571. The largest absolute Gasteiger partial charge is 0.459 e. The maximum atomic E-state index is 8.72.